The molecule has 0 fully saturated rings. The highest BCUT2D eigenvalue weighted by molar-refractivity contribution is 7.26. The van der Waals surface area contributed by atoms with E-state index < -0.39 is 8.07 Å². The quantitative estimate of drug-likeness (QED) is 0.164. The van der Waals surface area contributed by atoms with Gasteiger partial charge in [0.25, 0.3) is 0 Å². The van der Waals surface area contributed by atoms with Crippen molar-refractivity contribution in [3.63, 3.8) is 0 Å². The van der Waals surface area contributed by atoms with Gasteiger partial charge in [0.2, 0.25) is 0 Å². The van der Waals surface area contributed by atoms with Crippen LogP contribution in [0.2, 0.25) is 0 Å². The standard InChI is InChI=1S/C52H33N3SSi/c1-4-17-34(18-5-1)47-51-48(43-27-12-15-30-46(43)57(51,37-21-6-2-7-22-37)38-23-8-3-9-24-38)54-52(53-47)35-19-16-20-36(33-35)55-44-28-13-10-25-39(44)41-31-32-42-40-26-11-14-29-45(40)56-50(42)49(41)55/h1-33H. The number of rotatable bonds is 5. The Morgan fingerprint density at radius 2 is 1.07 bits per heavy atom. The van der Waals surface area contributed by atoms with E-state index in [-0.39, 0.29) is 0 Å². The van der Waals surface area contributed by atoms with Crippen molar-refractivity contribution in [3.05, 3.63) is 200 Å². The van der Waals surface area contributed by atoms with Crippen LogP contribution < -0.4 is 20.7 Å². The lowest BCUT2D eigenvalue weighted by Gasteiger charge is -2.32. The van der Waals surface area contributed by atoms with Gasteiger partial charge in [-0.1, -0.05) is 176 Å². The van der Waals surface area contributed by atoms with Gasteiger partial charge in [-0.05, 0) is 39.8 Å². The predicted octanol–water partition coefficient (Wildman–Crippen LogP) is 10.6. The first-order chi connectivity index (χ1) is 28.3. The molecule has 8 aromatic carbocycles. The highest BCUT2D eigenvalue weighted by Crippen LogP contribution is 2.43. The van der Waals surface area contributed by atoms with Gasteiger partial charge in [0.05, 0.1) is 27.1 Å². The van der Waals surface area contributed by atoms with Gasteiger partial charge in [-0.3, -0.25) is 0 Å². The molecule has 4 heterocycles. The van der Waals surface area contributed by atoms with Crippen LogP contribution in [0.5, 0.6) is 0 Å². The Morgan fingerprint density at radius 3 is 1.86 bits per heavy atom. The maximum Gasteiger partial charge on any atom is 0.185 e. The van der Waals surface area contributed by atoms with Gasteiger partial charge < -0.3 is 4.57 Å². The molecule has 3 nitrogen and oxygen atoms in total. The lowest BCUT2D eigenvalue weighted by Crippen LogP contribution is -2.73. The van der Waals surface area contributed by atoms with Gasteiger partial charge in [0.15, 0.2) is 13.9 Å². The van der Waals surface area contributed by atoms with Gasteiger partial charge >= 0.3 is 0 Å². The average Bonchev–Trinajstić information content (AvgIpc) is 3.94. The number of benzene rings is 8. The monoisotopic (exact) mass is 759 g/mol. The molecule has 0 saturated carbocycles. The smallest absolute Gasteiger partial charge is 0.185 e. The first kappa shape index (κ1) is 32.3. The van der Waals surface area contributed by atoms with Crippen molar-refractivity contribution in [1.29, 1.82) is 0 Å². The minimum absolute atomic E-state index is 0.725. The summed E-state index contributed by atoms with van der Waals surface area (Å²) < 4.78 is 5.06. The fourth-order valence-electron chi connectivity index (χ4n) is 9.52. The maximum atomic E-state index is 5.66. The summed E-state index contributed by atoms with van der Waals surface area (Å²) in [6, 6.07) is 72.9. The van der Waals surface area contributed by atoms with E-state index in [4.69, 9.17) is 9.97 Å². The van der Waals surface area contributed by atoms with Crippen molar-refractivity contribution in [2.45, 2.75) is 0 Å². The molecule has 0 saturated heterocycles. The third-order valence-electron chi connectivity index (χ3n) is 11.9. The Kier molecular flexibility index (Phi) is 7.12. The van der Waals surface area contributed by atoms with E-state index in [2.05, 4.69) is 205 Å². The molecule has 0 aliphatic carbocycles. The normalized spacial score (nSPS) is 13.1. The summed E-state index contributed by atoms with van der Waals surface area (Å²) in [5.41, 5.74) is 8.82. The Balaban J connectivity index is 1.15. The van der Waals surface area contributed by atoms with Gasteiger partial charge in [0.1, 0.15) is 0 Å². The van der Waals surface area contributed by atoms with E-state index in [0.717, 1.165) is 34.0 Å². The van der Waals surface area contributed by atoms with E-state index >= 15 is 0 Å². The Bertz CT molecular complexity index is 3310. The summed E-state index contributed by atoms with van der Waals surface area (Å²) in [6.07, 6.45) is 0. The molecule has 0 radical (unpaired) electrons. The largest absolute Gasteiger partial charge is 0.308 e. The van der Waals surface area contributed by atoms with Crippen LogP contribution in [0.25, 0.3) is 81.6 Å². The van der Waals surface area contributed by atoms with Gasteiger partial charge in [-0.25, -0.2) is 9.97 Å². The number of para-hydroxylation sites is 1. The number of hydrogen-bond donors (Lipinski definition) is 0. The molecule has 266 valence electrons. The Labute approximate surface area is 334 Å². The molecular formula is C52H33N3SSi. The van der Waals surface area contributed by atoms with Crippen LogP contribution >= 0.6 is 11.3 Å². The zero-order chi connectivity index (χ0) is 37.5. The molecule has 11 aromatic rings. The lowest BCUT2D eigenvalue weighted by molar-refractivity contribution is 1.17. The molecule has 0 unspecified atom stereocenters. The molecule has 0 atom stereocenters. The van der Waals surface area contributed by atoms with Crippen LogP contribution in [0, 0.1) is 0 Å². The topological polar surface area (TPSA) is 30.7 Å². The minimum Gasteiger partial charge on any atom is -0.308 e. The van der Waals surface area contributed by atoms with Crippen LogP contribution in [0.15, 0.2) is 200 Å². The minimum atomic E-state index is -2.86. The summed E-state index contributed by atoms with van der Waals surface area (Å²) in [5.74, 6) is 0.725. The number of thiophene rings is 1. The lowest BCUT2D eigenvalue weighted by atomic mass is 10.1. The summed E-state index contributed by atoms with van der Waals surface area (Å²) in [5, 5.41) is 10.4. The Morgan fingerprint density at radius 1 is 0.456 bits per heavy atom. The van der Waals surface area contributed by atoms with Gasteiger partial charge in [0, 0.05) is 53.8 Å². The van der Waals surface area contributed by atoms with Gasteiger partial charge in [-0.2, -0.15) is 0 Å². The second kappa shape index (κ2) is 12.5. The first-order valence-electron chi connectivity index (χ1n) is 19.4. The number of aromatic nitrogens is 3. The molecule has 3 aromatic heterocycles. The average molecular weight is 760 g/mol. The molecule has 12 rings (SSSR count). The van der Waals surface area contributed by atoms with Crippen molar-refractivity contribution in [3.8, 4) is 39.6 Å². The summed E-state index contributed by atoms with van der Waals surface area (Å²) >= 11 is 1.88. The highest BCUT2D eigenvalue weighted by Gasteiger charge is 2.51. The first-order valence-corrected chi connectivity index (χ1v) is 22.2. The zero-order valence-electron chi connectivity index (χ0n) is 30.8. The molecular weight excluding hydrogens is 727 g/mol. The van der Waals surface area contributed by atoms with E-state index in [1.165, 1.54) is 68.3 Å². The predicted molar refractivity (Wildman–Crippen MR) is 243 cm³/mol. The molecule has 0 spiro atoms. The van der Waals surface area contributed by atoms with Crippen molar-refractivity contribution in [2.24, 2.45) is 0 Å². The third kappa shape index (κ3) is 4.64. The molecule has 0 N–H and O–H groups in total. The van der Waals surface area contributed by atoms with Crippen LogP contribution in [0.1, 0.15) is 0 Å². The summed E-state index contributed by atoms with van der Waals surface area (Å²) in [7, 11) is -2.86. The fourth-order valence-corrected chi connectivity index (χ4v) is 16.0. The number of hydrogen-bond acceptors (Lipinski definition) is 3. The fraction of sp³-hybridized carbons (Fsp3) is 0. The van der Waals surface area contributed by atoms with E-state index in [1.807, 2.05) is 11.3 Å². The third-order valence-corrected chi connectivity index (χ3v) is 17.9. The van der Waals surface area contributed by atoms with Crippen molar-refractivity contribution >= 4 is 82.1 Å². The number of nitrogens with zero attached hydrogens (tertiary/aromatic N) is 3. The van der Waals surface area contributed by atoms with Gasteiger partial charge in [-0.15, -0.1) is 11.3 Å². The number of fused-ring (bicyclic) bond motifs is 10. The summed E-state index contributed by atoms with van der Waals surface area (Å²) in [4.78, 5) is 11.3. The second-order valence-corrected chi connectivity index (χ2v) is 19.6. The zero-order valence-corrected chi connectivity index (χ0v) is 32.6. The van der Waals surface area contributed by atoms with Crippen molar-refractivity contribution < 1.29 is 0 Å². The SMILES string of the molecule is c1ccc(-c2nc(-c3cccc(-n4c5ccccc5c5ccc6c7ccccc7sc6c54)c3)nc3c2[Si](c2ccccc2)(c2ccccc2)c2ccccc2-3)cc1. The van der Waals surface area contributed by atoms with Crippen LogP contribution in [0.3, 0.4) is 0 Å². The summed E-state index contributed by atoms with van der Waals surface area (Å²) in [6.45, 7) is 0. The van der Waals surface area contributed by atoms with Crippen LogP contribution in [-0.4, -0.2) is 22.6 Å². The molecule has 1 aliphatic rings. The Hall–Kier alpha value is -6.92. The molecule has 5 heteroatoms. The van der Waals surface area contributed by atoms with E-state index in [9.17, 15) is 0 Å². The molecule has 0 amide bonds. The van der Waals surface area contributed by atoms with E-state index in [0.29, 0.717) is 0 Å². The van der Waals surface area contributed by atoms with Crippen LogP contribution in [0.4, 0.5) is 0 Å². The molecule has 57 heavy (non-hydrogen) atoms. The van der Waals surface area contributed by atoms with E-state index in [1.54, 1.807) is 0 Å². The highest BCUT2D eigenvalue weighted by atomic mass is 32.1. The van der Waals surface area contributed by atoms with Crippen molar-refractivity contribution in [1.82, 2.24) is 14.5 Å². The molecule has 0 bridgehead atoms. The van der Waals surface area contributed by atoms with Crippen LogP contribution in [-0.2, 0) is 0 Å². The van der Waals surface area contributed by atoms with Crippen molar-refractivity contribution in [2.75, 3.05) is 0 Å². The second-order valence-electron chi connectivity index (χ2n) is 14.9. The maximum absolute atomic E-state index is 5.66. The molecule has 1 aliphatic heterocycles.